The van der Waals surface area contributed by atoms with Crippen molar-refractivity contribution in [2.24, 2.45) is 5.41 Å². The van der Waals surface area contributed by atoms with Crippen molar-refractivity contribution in [3.05, 3.63) is 28.6 Å². The maximum Gasteiger partial charge on any atom is 0.143 e. The lowest BCUT2D eigenvalue weighted by Gasteiger charge is -2.31. The summed E-state index contributed by atoms with van der Waals surface area (Å²) in [5, 5.41) is 0.112. The lowest BCUT2D eigenvalue weighted by atomic mass is 9.76. The molecule has 0 saturated carbocycles. The van der Waals surface area contributed by atoms with E-state index in [-0.39, 0.29) is 10.8 Å². The van der Waals surface area contributed by atoms with Gasteiger partial charge < -0.3 is 4.42 Å². The second-order valence-corrected chi connectivity index (χ2v) is 6.27. The van der Waals surface area contributed by atoms with Crippen LogP contribution >= 0.6 is 27.5 Å². The van der Waals surface area contributed by atoms with Gasteiger partial charge in [-0.15, -0.1) is 11.6 Å². The average molecular weight is 290 g/mol. The Balaban J connectivity index is 2.34. The molecule has 0 N–H and O–H groups in total. The Labute approximate surface area is 104 Å². The van der Waals surface area contributed by atoms with Gasteiger partial charge in [-0.05, 0) is 45.8 Å². The van der Waals surface area contributed by atoms with Crippen LogP contribution < -0.4 is 0 Å². The van der Waals surface area contributed by atoms with Gasteiger partial charge in [-0.25, -0.2) is 0 Å². The van der Waals surface area contributed by atoms with E-state index in [9.17, 15) is 0 Å². The fourth-order valence-corrected chi connectivity index (χ4v) is 3.16. The zero-order valence-corrected chi connectivity index (χ0v) is 11.2. The Morgan fingerprint density at radius 3 is 2.80 bits per heavy atom. The molecule has 1 unspecified atom stereocenters. The molecule has 0 aromatic carbocycles. The molecular formula is C12H14BrClO. The van der Waals surface area contributed by atoms with Crippen LogP contribution in [0.2, 0.25) is 0 Å². The highest BCUT2D eigenvalue weighted by molar-refractivity contribution is 9.10. The lowest BCUT2D eigenvalue weighted by molar-refractivity contribution is 0.337. The van der Waals surface area contributed by atoms with E-state index < -0.39 is 0 Å². The van der Waals surface area contributed by atoms with Crippen LogP contribution in [0.15, 0.2) is 27.3 Å². The summed E-state index contributed by atoms with van der Waals surface area (Å²) >= 11 is 9.71. The quantitative estimate of drug-likeness (QED) is 0.673. The highest BCUT2D eigenvalue weighted by Crippen LogP contribution is 2.42. The van der Waals surface area contributed by atoms with Gasteiger partial charge in [-0.2, -0.15) is 0 Å². The van der Waals surface area contributed by atoms with Crippen LogP contribution in [0.4, 0.5) is 0 Å². The first-order chi connectivity index (χ1) is 6.98. The summed E-state index contributed by atoms with van der Waals surface area (Å²) in [6.07, 6.45) is 5.85. The molecule has 1 nitrogen and oxygen atoms in total. The van der Waals surface area contributed by atoms with Crippen LogP contribution in [-0.4, -0.2) is 5.38 Å². The third kappa shape index (κ3) is 2.48. The zero-order chi connectivity index (χ0) is 11.1. The topological polar surface area (TPSA) is 13.1 Å². The first-order valence-corrected chi connectivity index (χ1v) is 6.29. The predicted octanol–water partition coefficient (Wildman–Crippen LogP) is 4.85. The van der Waals surface area contributed by atoms with Crippen molar-refractivity contribution in [1.82, 2.24) is 0 Å². The van der Waals surface area contributed by atoms with Crippen LogP contribution in [0.25, 0.3) is 5.57 Å². The Hall–Kier alpha value is -0.210. The van der Waals surface area contributed by atoms with Gasteiger partial charge in [0.1, 0.15) is 5.76 Å². The van der Waals surface area contributed by atoms with Crippen LogP contribution in [0, 0.1) is 5.41 Å². The molecule has 1 atom stereocenters. The summed E-state index contributed by atoms with van der Waals surface area (Å²) in [7, 11) is 0. The first kappa shape index (κ1) is 11.3. The maximum absolute atomic E-state index is 6.23. The molecule has 0 spiro atoms. The molecule has 0 radical (unpaired) electrons. The van der Waals surface area contributed by atoms with Gasteiger partial charge in [0.2, 0.25) is 0 Å². The van der Waals surface area contributed by atoms with E-state index in [1.54, 1.807) is 6.26 Å². The molecule has 0 fully saturated rings. The van der Waals surface area contributed by atoms with Gasteiger partial charge in [0, 0.05) is 0 Å². The summed E-state index contributed by atoms with van der Waals surface area (Å²) in [4.78, 5) is 0. The molecule has 1 aliphatic carbocycles. The van der Waals surface area contributed by atoms with Crippen molar-refractivity contribution >= 4 is 33.1 Å². The maximum atomic E-state index is 6.23. The summed E-state index contributed by atoms with van der Waals surface area (Å²) in [5.41, 5.74) is 1.46. The Morgan fingerprint density at radius 1 is 1.53 bits per heavy atom. The second kappa shape index (κ2) is 3.99. The van der Waals surface area contributed by atoms with E-state index in [2.05, 4.69) is 35.9 Å². The molecule has 1 aromatic rings. The van der Waals surface area contributed by atoms with Crippen LogP contribution in [-0.2, 0) is 0 Å². The largest absolute Gasteiger partial charge is 0.463 e. The fourth-order valence-electron chi connectivity index (χ4n) is 2.13. The van der Waals surface area contributed by atoms with Crippen molar-refractivity contribution in [1.29, 1.82) is 0 Å². The minimum absolute atomic E-state index is 0.112. The number of halogens is 2. The Bertz CT molecular complexity index is 392. The molecule has 1 aliphatic rings. The first-order valence-electron chi connectivity index (χ1n) is 5.06. The smallest absolute Gasteiger partial charge is 0.143 e. The standard InChI is InChI=1S/C12H14BrClO/c1-12(2)6-8(5-9(14)7-12)11-10(13)3-4-15-11/h3-5,9H,6-7H2,1-2H3. The molecule has 82 valence electrons. The van der Waals surface area contributed by atoms with Crippen molar-refractivity contribution in [2.75, 3.05) is 0 Å². The molecule has 1 aromatic heterocycles. The van der Waals surface area contributed by atoms with E-state index >= 15 is 0 Å². The molecule has 0 saturated heterocycles. The monoisotopic (exact) mass is 288 g/mol. The fraction of sp³-hybridized carbons (Fsp3) is 0.500. The molecule has 0 bridgehead atoms. The molecule has 0 aliphatic heterocycles. The molecule has 3 heteroatoms. The van der Waals surface area contributed by atoms with Crippen LogP contribution in [0.3, 0.4) is 0 Å². The number of hydrogen-bond donors (Lipinski definition) is 0. The van der Waals surface area contributed by atoms with Crippen molar-refractivity contribution < 1.29 is 4.42 Å². The SMILES string of the molecule is CC1(C)CC(c2occc2Br)=CC(Cl)C1. The number of furan rings is 1. The summed E-state index contributed by atoms with van der Waals surface area (Å²) in [5.74, 6) is 0.924. The minimum atomic E-state index is 0.112. The van der Waals surface area contributed by atoms with Gasteiger partial charge in [-0.1, -0.05) is 19.9 Å². The van der Waals surface area contributed by atoms with E-state index in [1.807, 2.05) is 6.07 Å². The van der Waals surface area contributed by atoms with Crippen molar-refractivity contribution in [3.8, 4) is 0 Å². The van der Waals surface area contributed by atoms with E-state index in [4.69, 9.17) is 16.0 Å². The van der Waals surface area contributed by atoms with Gasteiger partial charge in [0.15, 0.2) is 0 Å². The molecule has 15 heavy (non-hydrogen) atoms. The van der Waals surface area contributed by atoms with Gasteiger partial charge in [-0.3, -0.25) is 0 Å². The van der Waals surface area contributed by atoms with Gasteiger partial charge in [0.05, 0.1) is 16.1 Å². The lowest BCUT2D eigenvalue weighted by Crippen LogP contribution is -2.21. The second-order valence-electron chi connectivity index (χ2n) is 4.85. The summed E-state index contributed by atoms with van der Waals surface area (Å²) < 4.78 is 6.48. The summed E-state index contributed by atoms with van der Waals surface area (Å²) in [6.45, 7) is 4.48. The predicted molar refractivity (Wildman–Crippen MR) is 67.0 cm³/mol. The molecule has 0 amide bonds. The molecular weight excluding hydrogens is 275 g/mol. The Kier molecular flexibility index (Phi) is 3.00. The molecule has 1 heterocycles. The van der Waals surface area contributed by atoms with E-state index in [1.165, 1.54) is 5.57 Å². The summed E-state index contributed by atoms with van der Waals surface area (Å²) in [6, 6.07) is 1.92. The van der Waals surface area contributed by atoms with Crippen molar-refractivity contribution in [2.45, 2.75) is 32.1 Å². The van der Waals surface area contributed by atoms with Crippen molar-refractivity contribution in [3.63, 3.8) is 0 Å². The number of allylic oxidation sites excluding steroid dienone is 2. The minimum Gasteiger partial charge on any atom is -0.463 e. The highest BCUT2D eigenvalue weighted by atomic mass is 79.9. The number of hydrogen-bond acceptors (Lipinski definition) is 1. The van der Waals surface area contributed by atoms with E-state index in [0.717, 1.165) is 23.1 Å². The average Bonchev–Trinajstić information content (AvgIpc) is 2.47. The van der Waals surface area contributed by atoms with Gasteiger partial charge in [0.25, 0.3) is 0 Å². The van der Waals surface area contributed by atoms with Gasteiger partial charge >= 0.3 is 0 Å². The van der Waals surface area contributed by atoms with Crippen LogP contribution in [0.5, 0.6) is 0 Å². The highest BCUT2D eigenvalue weighted by Gasteiger charge is 2.29. The Morgan fingerprint density at radius 2 is 2.27 bits per heavy atom. The van der Waals surface area contributed by atoms with E-state index in [0.29, 0.717) is 0 Å². The number of alkyl halides is 1. The van der Waals surface area contributed by atoms with Crippen LogP contribution in [0.1, 0.15) is 32.4 Å². The molecule has 2 rings (SSSR count). The normalized spacial score (nSPS) is 25.1. The third-order valence-electron chi connectivity index (χ3n) is 2.71. The zero-order valence-electron chi connectivity index (χ0n) is 8.89. The number of rotatable bonds is 1. The third-order valence-corrected chi connectivity index (χ3v) is 3.61.